The minimum atomic E-state index is -3.73. The Hall–Kier alpha value is -3.55. The van der Waals surface area contributed by atoms with Gasteiger partial charge in [-0.05, 0) is 30.2 Å². The van der Waals surface area contributed by atoms with E-state index < -0.39 is 27.3 Å². The molecule has 0 unspecified atom stereocenters. The molecular weight excluding hydrogens is 501 g/mol. The summed E-state index contributed by atoms with van der Waals surface area (Å²) in [6.07, 6.45) is 5.25. The van der Waals surface area contributed by atoms with E-state index in [0.717, 1.165) is 11.1 Å². The maximum absolute atomic E-state index is 13.2. The molecule has 196 valence electrons. The number of aromatic nitrogens is 4. The highest BCUT2D eigenvalue weighted by Gasteiger charge is 2.38. The van der Waals surface area contributed by atoms with Gasteiger partial charge in [0.25, 0.3) is 0 Å². The molecule has 3 heterocycles. The van der Waals surface area contributed by atoms with Crippen molar-refractivity contribution in [1.82, 2.24) is 24.2 Å². The lowest BCUT2D eigenvalue weighted by atomic mass is 9.94. The first-order valence-electron chi connectivity index (χ1n) is 11.8. The molecule has 1 aliphatic heterocycles. The minimum Gasteiger partial charge on any atom is -0.480 e. The van der Waals surface area contributed by atoms with Crippen LogP contribution >= 0.6 is 0 Å². The van der Waals surface area contributed by atoms with Crippen LogP contribution in [-0.2, 0) is 26.1 Å². The van der Waals surface area contributed by atoms with Crippen LogP contribution in [0.5, 0.6) is 0 Å². The number of halogens is 1. The van der Waals surface area contributed by atoms with Gasteiger partial charge in [-0.1, -0.05) is 25.5 Å². The monoisotopic (exact) mass is 529 g/mol. The number of nitrogens with two attached hydrogens (primary N) is 1. The van der Waals surface area contributed by atoms with Crippen molar-refractivity contribution >= 4 is 21.9 Å². The fourth-order valence-corrected chi connectivity index (χ4v) is 5.56. The lowest BCUT2D eigenvalue weighted by molar-refractivity contribution is -0.144. The molecule has 0 amide bonds. The number of nitrogens with zero attached hydrogens (tertiary/aromatic N) is 6. The number of piperazine rings is 1. The molecule has 11 nitrogen and oxygen atoms in total. The summed E-state index contributed by atoms with van der Waals surface area (Å²) >= 11 is 0. The van der Waals surface area contributed by atoms with Crippen LogP contribution < -0.4 is 10.6 Å². The van der Waals surface area contributed by atoms with Gasteiger partial charge >= 0.3 is 5.97 Å². The maximum atomic E-state index is 13.2. The molecule has 1 fully saturated rings. The fourth-order valence-electron chi connectivity index (χ4n) is 4.12. The van der Waals surface area contributed by atoms with Crippen molar-refractivity contribution in [3.05, 3.63) is 66.3 Å². The third kappa shape index (κ3) is 5.89. The highest BCUT2D eigenvalue weighted by Crippen LogP contribution is 2.23. The number of hydrogen-bond acceptors (Lipinski definition) is 9. The first-order chi connectivity index (χ1) is 17.6. The summed E-state index contributed by atoms with van der Waals surface area (Å²) in [5.74, 6) is -1.61. The Morgan fingerprint density at radius 1 is 1.05 bits per heavy atom. The molecular formula is C24H28FN7O4S. The summed E-state index contributed by atoms with van der Waals surface area (Å²) in [6.45, 7) is 3.05. The van der Waals surface area contributed by atoms with Crippen LogP contribution in [0, 0.1) is 5.82 Å². The second kappa shape index (κ2) is 10.8. The lowest BCUT2D eigenvalue weighted by Crippen LogP contribution is -2.49. The van der Waals surface area contributed by atoms with Gasteiger partial charge in [-0.25, -0.2) is 37.5 Å². The van der Waals surface area contributed by atoms with Crippen LogP contribution in [0.3, 0.4) is 0 Å². The van der Waals surface area contributed by atoms with Crippen molar-refractivity contribution in [3.8, 4) is 11.1 Å². The van der Waals surface area contributed by atoms with Gasteiger partial charge in [-0.15, -0.1) is 0 Å². The molecule has 13 heteroatoms. The Balaban J connectivity index is 1.40. The lowest BCUT2D eigenvalue weighted by Gasteiger charge is -2.34. The first kappa shape index (κ1) is 26.5. The highest BCUT2D eigenvalue weighted by molar-refractivity contribution is 7.88. The summed E-state index contributed by atoms with van der Waals surface area (Å²) in [5.41, 5.74) is 5.99. The summed E-state index contributed by atoms with van der Waals surface area (Å²) in [5, 5.41) is 9.59. The zero-order valence-corrected chi connectivity index (χ0v) is 21.1. The Morgan fingerprint density at radius 2 is 1.70 bits per heavy atom. The normalized spacial score (nSPS) is 16.4. The van der Waals surface area contributed by atoms with Gasteiger partial charge in [0, 0.05) is 50.3 Å². The molecule has 0 aliphatic carbocycles. The van der Waals surface area contributed by atoms with Gasteiger partial charge in [-0.2, -0.15) is 4.31 Å². The molecule has 3 N–H and O–H groups in total. The third-order valence-corrected chi connectivity index (χ3v) is 8.01. The zero-order chi connectivity index (χ0) is 26.6. The summed E-state index contributed by atoms with van der Waals surface area (Å²) < 4.78 is 40.7. The number of carboxylic acid groups (broad SMARTS) is 1. The van der Waals surface area contributed by atoms with E-state index in [4.69, 9.17) is 5.73 Å². The Kier molecular flexibility index (Phi) is 7.76. The van der Waals surface area contributed by atoms with E-state index in [1.807, 2.05) is 4.90 Å². The molecule has 37 heavy (non-hydrogen) atoms. The molecule has 1 aromatic carbocycles. The van der Waals surface area contributed by atoms with E-state index in [-0.39, 0.29) is 36.8 Å². The molecule has 1 atom stereocenters. The quantitative estimate of drug-likeness (QED) is 0.419. The summed E-state index contributed by atoms with van der Waals surface area (Å²) in [4.78, 5) is 30.6. The molecule has 1 aliphatic rings. The average Bonchev–Trinajstić information content (AvgIpc) is 2.89. The van der Waals surface area contributed by atoms with E-state index in [9.17, 15) is 22.7 Å². The predicted octanol–water partition coefficient (Wildman–Crippen LogP) is 1.76. The number of benzene rings is 1. The number of anilines is 1. The van der Waals surface area contributed by atoms with E-state index in [1.54, 1.807) is 31.5 Å². The van der Waals surface area contributed by atoms with Gasteiger partial charge in [0.15, 0.2) is 11.4 Å². The van der Waals surface area contributed by atoms with Crippen molar-refractivity contribution in [3.63, 3.8) is 0 Å². The van der Waals surface area contributed by atoms with Crippen LogP contribution in [0.15, 0.2) is 48.9 Å². The third-order valence-electron chi connectivity index (χ3n) is 6.20. The number of rotatable bonds is 9. The van der Waals surface area contributed by atoms with E-state index in [0.29, 0.717) is 25.5 Å². The smallest absolute Gasteiger partial charge is 0.331 e. The average molecular weight is 530 g/mol. The van der Waals surface area contributed by atoms with E-state index in [2.05, 4.69) is 19.9 Å². The minimum absolute atomic E-state index is 0.111. The largest absolute Gasteiger partial charge is 0.480 e. The van der Waals surface area contributed by atoms with Gasteiger partial charge in [0.05, 0.1) is 5.69 Å². The number of hydrogen-bond donors (Lipinski definition) is 2. The predicted molar refractivity (Wildman–Crippen MR) is 134 cm³/mol. The first-order valence-corrected chi connectivity index (χ1v) is 13.4. The topological polar surface area (TPSA) is 155 Å². The van der Waals surface area contributed by atoms with Crippen LogP contribution in [0.2, 0.25) is 0 Å². The van der Waals surface area contributed by atoms with Crippen molar-refractivity contribution < 1.29 is 22.7 Å². The number of sulfonamides is 1. The van der Waals surface area contributed by atoms with Crippen LogP contribution in [0.25, 0.3) is 11.1 Å². The number of carbonyl (C=O) groups is 1. The second-order valence-corrected chi connectivity index (χ2v) is 10.8. The van der Waals surface area contributed by atoms with Gasteiger partial charge in [0.2, 0.25) is 16.0 Å². The molecule has 3 aromatic rings. The van der Waals surface area contributed by atoms with E-state index in [1.165, 1.54) is 28.7 Å². The molecule has 0 saturated carbocycles. The van der Waals surface area contributed by atoms with Crippen LogP contribution in [0.4, 0.5) is 10.3 Å². The van der Waals surface area contributed by atoms with Crippen molar-refractivity contribution in [2.45, 2.75) is 31.1 Å². The van der Waals surface area contributed by atoms with Crippen molar-refractivity contribution in [2.24, 2.45) is 5.73 Å². The van der Waals surface area contributed by atoms with Crippen LogP contribution in [0.1, 0.15) is 31.3 Å². The second-order valence-electron chi connectivity index (χ2n) is 8.82. The van der Waals surface area contributed by atoms with Crippen LogP contribution in [-0.4, -0.2) is 69.9 Å². The van der Waals surface area contributed by atoms with E-state index >= 15 is 0 Å². The SMILES string of the molecule is CCC[C@@](N)(C(=O)O)c1nccc(CS(=O)(=O)N2CCN(c3ncc(-c4ccc(F)cc4)cn3)CC2)n1. The summed E-state index contributed by atoms with van der Waals surface area (Å²) in [7, 11) is -3.73. The number of carboxylic acids is 1. The maximum Gasteiger partial charge on any atom is 0.331 e. The van der Waals surface area contributed by atoms with Gasteiger partial charge in [0.1, 0.15) is 11.6 Å². The van der Waals surface area contributed by atoms with Crippen molar-refractivity contribution in [1.29, 1.82) is 0 Å². The fraction of sp³-hybridized carbons (Fsp3) is 0.375. The Labute approximate surface area is 214 Å². The molecule has 0 spiro atoms. The van der Waals surface area contributed by atoms with Crippen molar-refractivity contribution in [2.75, 3.05) is 31.1 Å². The molecule has 2 aromatic heterocycles. The Bertz CT molecular complexity index is 1350. The number of aliphatic carboxylic acids is 1. The molecule has 4 rings (SSSR count). The molecule has 0 bridgehead atoms. The van der Waals surface area contributed by atoms with Gasteiger partial charge < -0.3 is 15.7 Å². The Morgan fingerprint density at radius 3 is 2.30 bits per heavy atom. The highest BCUT2D eigenvalue weighted by atomic mass is 32.2. The van der Waals surface area contributed by atoms with Gasteiger partial charge in [-0.3, -0.25) is 0 Å². The standard InChI is InChI=1S/C24H28FN7O4S/c1-2-8-24(26,22(33)34)21-27-9-7-20(30-21)16-37(35,36)32-12-10-31(11-13-32)23-28-14-18(15-29-23)17-3-5-19(25)6-4-17/h3-7,9,14-15H,2,8,10-13,16,26H2,1H3,(H,33,34)/t24-/m0/s1. The molecule has 1 saturated heterocycles. The zero-order valence-electron chi connectivity index (χ0n) is 20.3. The molecule has 0 radical (unpaired) electrons. The summed E-state index contributed by atoms with van der Waals surface area (Å²) in [6, 6.07) is 7.49.